The molecule has 1 amide bonds. The molecule has 286 valence electrons. The van der Waals surface area contributed by atoms with Crippen molar-refractivity contribution in [3.63, 3.8) is 0 Å². The number of aromatic nitrogens is 2. The fraction of sp³-hybridized carbons (Fsp3) is 0.571. The number of esters is 4. The number of H-pyrrole nitrogens is 1. The number of aryl methyl sites for hydroxylation is 1. The summed E-state index contributed by atoms with van der Waals surface area (Å²) in [7, 11) is 0. The van der Waals surface area contributed by atoms with Crippen molar-refractivity contribution in [1.29, 1.82) is 0 Å². The number of ether oxygens (including phenoxy) is 7. The highest BCUT2D eigenvalue weighted by molar-refractivity contribution is 5.86. The molecular weight excluding hydrogens is 686 g/mol. The number of carboxylic acid groups (broad SMARTS) is 1. The second kappa shape index (κ2) is 17.8. The first-order chi connectivity index (χ1) is 24.3. The van der Waals surface area contributed by atoms with E-state index in [1.54, 1.807) is 12.1 Å². The van der Waals surface area contributed by atoms with Gasteiger partial charge in [0.25, 0.3) is 0 Å². The van der Waals surface area contributed by atoms with Crippen molar-refractivity contribution in [2.45, 2.75) is 117 Å². The fourth-order valence-electron chi connectivity index (χ4n) is 5.37. The second-order valence-corrected chi connectivity index (χ2v) is 13.1. The summed E-state index contributed by atoms with van der Waals surface area (Å²) >= 11 is 0. The molecule has 1 unspecified atom stereocenters. The smallest absolute Gasteiger partial charge is 0.328 e. The Morgan fingerprint density at radius 3 is 2.12 bits per heavy atom. The number of aromatic amines is 1. The molecule has 3 rings (SSSR count). The van der Waals surface area contributed by atoms with Crippen LogP contribution in [0.3, 0.4) is 0 Å². The maximum atomic E-state index is 12.3. The van der Waals surface area contributed by atoms with Crippen LogP contribution in [-0.2, 0) is 58.9 Å². The number of nitrogens with zero attached hydrogens (tertiary/aromatic N) is 1. The largest absolute Gasteiger partial charge is 0.493 e. The number of carboxylic acids is 1. The number of hydrogen-bond acceptors (Lipinski definition) is 14. The van der Waals surface area contributed by atoms with E-state index in [0.29, 0.717) is 17.7 Å². The van der Waals surface area contributed by atoms with Crippen LogP contribution in [0.25, 0.3) is 0 Å². The van der Waals surface area contributed by atoms with E-state index in [9.17, 15) is 33.9 Å². The van der Waals surface area contributed by atoms with Gasteiger partial charge in [0, 0.05) is 45.4 Å². The lowest BCUT2D eigenvalue weighted by molar-refractivity contribution is -0.289. The van der Waals surface area contributed by atoms with Crippen LogP contribution in [0.2, 0.25) is 0 Å². The minimum absolute atomic E-state index is 0.0214. The van der Waals surface area contributed by atoms with E-state index in [0.717, 1.165) is 37.6 Å². The SMILES string of the molecule is CC(=O)OC[C@H]1OC(Oc2n[nH]c(C(C)C)c2Cc2ccc(OCCC(=O)NC(C)(C)C(=O)O)cc2C)[C@H](OC(C)=O)[C@@H](OC(C)=O)[C@@H]1OC(C)=O. The molecule has 5 atom stereocenters. The first-order valence-corrected chi connectivity index (χ1v) is 16.6. The lowest BCUT2D eigenvalue weighted by Crippen LogP contribution is -2.63. The summed E-state index contributed by atoms with van der Waals surface area (Å²) in [4.78, 5) is 71.8. The molecule has 1 aliphatic heterocycles. The molecule has 17 heteroatoms. The molecule has 1 fully saturated rings. The van der Waals surface area contributed by atoms with Crippen molar-refractivity contribution in [1.82, 2.24) is 15.5 Å². The van der Waals surface area contributed by atoms with Crippen LogP contribution in [-0.4, -0.2) is 101 Å². The van der Waals surface area contributed by atoms with Gasteiger partial charge in [-0.25, -0.2) is 4.79 Å². The van der Waals surface area contributed by atoms with Crippen molar-refractivity contribution < 1.29 is 67.0 Å². The van der Waals surface area contributed by atoms with Crippen molar-refractivity contribution in [3.05, 3.63) is 40.6 Å². The van der Waals surface area contributed by atoms with Gasteiger partial charge in [-0.2, -0.15) is 0 Å². The number of rotatable bonds is 16. The predicted octanol–water partition coefficient (Wildman–Crippen LogP) is 2.64. The Bertz CT molecular complexity index is 1630. The van der Waals surface area contributed by atoms with E-state index in [1.807, 2.05) is 26.8 Å². The van der Waals surface area contributed by atoms with Gasteiger partial charge in [-0.05, 0) is 49.9 Å². The topological polar surface area (TPSA) is 228 Å². The molecule has 0 bridgehead atoms. The van der Waals surface area contributed by atoms with Crippen LogP contribution >= 0.6 is 0 Å². The Morgan fingerprint density at radius 1 is 0.942 bits per heavy atom. The third kappa shape index (κ3) is 11.4. The highest BCUT2D eigenvalue weighted by Crippen LogP contribution is 2.34. The summed E-state index contributed by atoms with van der Waals surface area (Å²) in [6.45, 7) is 12.7. The van der Waals surface area contributed by atoms with E-state index in [-0.39, 0.29) is 24.8 Å². The maximum Gasteiger partial charge on any atom is 0.328 e. The minimum Gasteiger partial charge on any atom is -0.493 e. The summed E-state index contributed by atoms with van der Waals surface area (Å²) in [5.41, 5.74) is 1.66. The molecule has 52 heavy (non-hydrogen) atoms. The molecule has 2 heterocycles. The molecule has 0 aliphatic carbocycles. The lowest BCUT2D eigenvalue weighted by Gasteiger charge is -2.43. The summed E-state index contributed by atoms with van der Waals surface area (Å²) < 4.78 is 39.8. The first kappa shape index (κ1) is 41.2. The van der Waals surface area contributed by atoms with E-state index in [1.165, 1.54) is 20.8 Å². The number of nitrogens with one attached hydrogen (secondary N) is 2. The number of hydrogen-bond donors (Lipinski definition) is 3. The lowest BCUT2D eigenvalue weighted by atomic mass is 9.96. The van der Waals surface area contributed by atoms with Gasteiger partial charge < -0.3 is 43.6 Å². The van der Waals surface area contributed by atoms with Crippen LogP contribution in [0.5, 0.6) is 11.6 Å². The van der Waals surface area contributed by atoms with E-state index >= 15 is 0 Å². The number of aliphatic carboxylic acids is 1. The van der Waals surface area contributed by atoms with Crippen molar-refractivity contribution in [2.24, 2.45) is 0 Å². The van der Waals surface area contributed by atoms with Crippen LogP contribution in [0.15, 0.2) is 18.2 Å². The standard InChI is InChI=1S/C35H47N3O14/c1-17(2)28-25(15-23-10-11-24(14-18(23)3)46-13-12-27(43)36-35(8,9)34(44)45)32(38-37-28)52-33-31(50-22(7)42)30(49-21(6)41)29(48-20(5)40)26(51-33)16-47-19(4)39/h10-11,14,17,26,29-31,33H,12-13,15-16H2,1-9H3,(H,36,43)(H,37,38)(H,44,45)/t26-,29-,30+,31-,33?/m1/s1. The van der Waals surface area contributed by atoms with Crippen molar-refractivity contribution in [2.75, 3.05) is 13.2 Å². The van der Waals surface area contributed by atoms with Gasteiger partial charge >= 0.3 is 29.8 Å². The zero-order chi connectivity index (χ0) is 38.9. The maximum absolute atomic E-state index is 12.3. The highest BCUT2D eigenvalue weighted by Gasteiger charge is 2.53. The number of benzene rings is 1. The van der Waals surface area contributed by atoms with Crippen LogP contribution < -0.4 is 14.8 Å². The van der Waals surface area contributed by atoms with Crippen LogP contribution in [0.4, 0.5) is 0 Å². The average Bonchev–Trinajstić information content (AvgIpc) is 3.41. The normalized spacial score (nSPS) is 20.0. The minimum atomic E-state index is -1.47. The third-order valence-corrected chi connectivity index (χ3v) is 7.88. The van der Waals surface area contributed by atoms with E-state index in [2.05, 4.69) is 15.5 Å². The van der Waals surface area contributed by atoms with Gasteiger partial charge in [-0.1, -0.05) is 19.9 Å². The molecule has 1 aromatic heterocycles. The first-order valence-electron chi connectivity index (χ1n) is 16.6. The van der Waals surface area contributed by atoms with E-state index < -0.39 is 78.6 Å². The number of carbonyl (C=O) groups is 6. The third-order valence-electron chi connectivity index (χ3n) is 7.88. The van der Waals surface area contributed by atoms with Crippen LogP contribution in [0.1, 0.15) is 90.1 Å². The molecule has 0 spiro atoms. The molecular formula is C35H47N3O14. The molecule has 1 aromatic carbocycles. The second-order valence-electron chi connectivity index (χ2n) is 13.1. The Balaban J connectivity index is 1.90. The van der Waals surface area contributed by atoms with Crippen molar-refractivity contribution in [3.8, 4) is 11.6 Å². The molecule has 1 aliphatic rings. The molecule has 3 N–H and O–H groups in total. The Hall–Kier alpha value is -5.19. The average molecular weight is 734 g/mol. The summed E-state index contributed by atoms with van der Waals surface area (Å²) in [5.74, 6) is -4.04. The Kier molecular flexibility index (Phi) is 14.1. The zero-order valence-corrected chi connectivity index (χ0v) is 30.7. The molecule has 17 nitrogen and oxygen atoms in total. The van der Waals surface area contributed by atoms with E-state index in [4.69, 9.17) is 33.2 Å². The highest BCUT2D eigenvalue weighted by atomic mass is 16.7. The molecule has 2 aromatic rings. The van der Waals surface area contributed by atoms with Gasteiger partial charge in [-0.3, -0.25) is 29.1 Å². The van der Waals surface area contributed by atoms with Gasteiger partial charge in [0.05, 0.1) is 13.0 Å². The van der Waals surface area contributed by atoms with Gasteiger partial charge in [-0.15, -0.1) is 5.10 Å². The Morgan fingerprint density at radius 2 is 1.56 bits per heavy atom. The van der Waals surface area contributed by atoms with Crippen LogP contribution in [0, 0.1) is 6.92 Å². The molecule has 0 saturated carbocycles. The van der Waals surface area contributed by atoms with Crippen molar-refractivity contribution >= 4 is 35.8 Å². The summed E-state index contributed by atoms with van der Waals surface area (Å²) in [6.07, 6.45) is -6.62. The zero-order valence-electron chi connectivity index (χ0n) is 30.7. The summed E-state index contributed by atoms with van der Waals surface area (Å²) in [6, 6.07) is 5.37. The van der Waals surface area contributed by atoms with Gasteiger partial charge in [0.15, 0.2) is 12.2 Å². The Labute approximate surface area is 300 Å². The monoisotopic (exact) mass is 733 g/mol. The van der Waals surface area contributed by atoms with Gasteiger partial charge in [0.1, 0.15) is 24.0 Å². The quantitative estimate of drug-likeness (QED) is 0.166. The predicted molar refractivity (Wildman–Crippen MR) is 179 cm³/mol. The number of amides is 1. The molecule has 1 saturated heterocycles. The summed E-state index contributed by atoms with van der Waals surface area (Å²) in [5, 5.41) is 19.1. The van der Waals surface area contributed by atoms with Gasteiger partial charge in [0.2, 0.25) is 24.2 Å². The fourth-order valence-corrected chi connectivity index (χ4v) is 5.37. The molecule has 0 radical (unpaired) electrons. The number of carbonyl (C=O) groups excluding carboxylic acids is 5.